The molecule has 0 spiro atoms. The van der Waals surface area contributed by atoms with Crippen LogP contribution < -0.4 is 10.6 Å². The molecule has 0 saturated heterocycles. The van der Waals surface area contributed by atoms with Crippen LogP contribution in [0.2, 0.25) is 0 Å². The summed E-state index contributed by atoms with van der Waals surface area (Å²) >= 11 is 0. The van der Waals surface area contributed by atoms with Gasteiger partial charge in [0.2, 0.25) is 5.91 Å². The minimum atomic E-state index is 0.0520. The predicted octanol–water partition coefficient (Wildman–Crippen LogP) is 2.15. The largest absolute Gasteiger partial charge is 0.380 e. The van der Waals surface area contributed by atoms with E-state index < -0.39 is 0 Å². The maximum atomic E-state index is 11.6. The van der Waals surface area contributed by atoms with Crippen molar-refractivity contribution in [3.8, 4) is 0 Å². The Morgan fingerprint density at radius 2 is 2.37 bits per heavy atom. The summed E-state index contributed by atoms with van der Waals surface area (Å²) in [6.07, 6.45) is 9.52. The van der Waals surface area contributed by atoms with E-state index in [0.717, 1.165) is 24.9 Å². The van der Waals surface area contributed by atoms with E-state index in [0.29, 0.717) is 18.6 Å². The summed E-state index contributed by atoms with van der Waals surface area (Å²) in [5.74, 6) is 0.0520. The lowest BCUT2D eigenvalue weighted by Crippen LogP contribution is -2.29. The van der Waals surface area contributed by atoms with Crippen LogP contribution in [0.25, 0.3) is 0 Å². The second kappa shape index (κ2) is 6.59. The first kappa shape index (κ1) is 13.9. The molecule has 1 heterocycles. The quantitative estimate of drug-likeness (QED) is 0.756. The Morgan fingerprint density at radius 3 is 3.05 bits per heavy atom. The van der Waals surface area contributed by atoms with Gasteiger partial charge in [0.15, 0.2) is 0 Å². The van der Waals surface area contributed by atoms with E-state index in [4.69, 9.17) is 0 Å². The Labute approximate surface area is 114 Å². The Bertz CT molecular complexity index is 411. The molecule has 1 aromatic rings. The average Bonchev–Trinajstić information content (AvgIpc) is 3.07. The smallest absolute Gasteiger partial charge is 0.241 e. The van der Waals surface area contributed by atoms with Crippen LogP contribution in [0.3, 0.4) is 0 Å². The number of hydrogen-bond donors (Lipinski definition) is 2. The summed E-state index contributed by atoms with van der Waals surface area (Å²) in [5, 5.41) is 10.6. The van der Waals surface area contributed by atoms with Gasteiger partial charge in [-0.2, -0.15) is 5.10 Å². The van der Waals surface area contributed by atoms with Crippen LogP contribution in [-0.4, -0.2) is 27.8 Å². The summed E-state index contributed by atoms with van der Waals surface area (Å²) in [5.41, 5.74) is 0.989. The van der Waals surface area contributed by atoms with Gasteiger partial charge in [-0.1, -0.05) is 19.8 Å². The molecular formula is C14H24N4O. The number of carbonyl (C=O) groups is 1. The predicted molar refractivity (Wildman–Crippen MR) is 76.0 cm³/mol. The molecule has 1 aromatic heterocycles. The summed E-state index contributed by atoms with van der Waals surface area (Å²) in [4.78, 5) is 11.6. The van der Waals surface area contributed by atoms with Crippen LogP contribution in [0.4, 0.5) is 5.69 Å². The zero-order valence-electron chi connectivity index (χ0n) is 11.9. The number of amides is 1. The Morgan fingerprint density at radius 1 is 1.58 bits per heavy atom. The van der Waals surface area contributed by atoms with Crippen LogP contribution in [0.15, 0.2) is 12.4 Å². The van der Waals surface area contributed by atoms with Gasteiger partial charge in [0, 0.05) is 18.3 Å². The van der Waals surface area contributed by atoms with Crippen molar-refractivity contribution in [1.82, 2.24) is 15.1 Å². The van der Waals surface area contributed by atoms with E-state index in [9.17, 15) is 4.79 Å². The van der Waals surface area contributed by atoms with Crippen molar-refractivity contribution in [3.63, 3.8) is 0 Å². The van der Waals surface area contributed by atoms with Gasteiger partial charge in [0.25, 0.3) is 0 Å². The number of aromatic nitrogens is 2. The Balaban J connectivity index is 1.75. The topological polar surface area (TPSA) is 59.0 Å². The zero-order valence-corrected chi connectivity index (χ0v) is 11.9. The molecule has 2 N–H and O–H groups in total. The number of rotatable bonds is 8. The van der Waals surface area contributed by atoms with Crippen LogP contribution in [-0.2, 0) is 11.3 Å². The van der Waals surface area contributed by atoms with Crippen LogP contribution >= 0.6 is 0 Å². The fourth-order valence-electron chi connectivity index (χ4n) is 2.04. The number of nitrogens with one attached hydrogen (secondary N) is 2. The second-order valence-corrected chi connectivity index (χ2v) is 5.46. The van der Waals surface area contributed by atoms with Gasteiger partial charge in [-0.05, 0) is 26.2 Å². The first-order valence-corrected chi connectivity index (χ1v) is 7.25. The molecule has 0 aliphatic heterocycles. The molecule has 1 amide bonds. The van der Waals surface area contributed by atoms with E-state index >= 15 is 0 Å². The molecule has 5 heteroatoms. The number of anilines is 1. The minimum Gasteiger partial charge on any atom is -0.380 e. The monoisotopic (exact) mass is 264 g/mol. The third-order valence-corrected chi connectivity index (χ3v) is 3.29. The molecule has 1 aliphatic rings. The number of unbranched alkanes of at least 4 members (excludes halogenated alkanes) is 1. The Hall–Kier alpha value is -1.52. The zero-order chi connectivity index (χ0) is 13.7. The summed E-state index contributed by atoms with van der Waals surface area (Å²) in [7, 11) is 0. The van der Waals surface area contributed by atoms with Gasteiger partial charge < -0.3 is 10.6 Å². The number of hydrogen-bond acceptors (Lipinski definition) is 3. The fraction of sp³-hybridized carbons (Fsp3) is 0.714. The average molecular weight is 264 g/mol. The molecule has 0 aromatic carbocycles. The highest BCUT2D eigenvalue weighted by Gasteiger charge is 2.23. The van der Waals surface area contributed by atoms with Gasteiger partial charge in [0.05, 0.1) is 11.9 Å². The van der Waals surface area contributed by atoms with Crippen molar-refractivity contribution in [2.45, 2.75) is 64.6 Å². The van der Waals surface area contributed by atoms with E-state index in [1.165, 1.54) is 12.8 Å². The lowest BCUT2D eigenvalue weighted by atomic mass is 10.1. The molecule has 0 bridgehead atoms. The van der Waals surface area contributed by atoms with Crippen molar-refractivity contribution in [2.75, 3.05) is 5.32 Å². The van der Waals surface area contributed by atoms with Crippen molar-refractivity contribution in [3.05, 3.63) is 12.4 Å². The highest BCUT2D eigenvalue weighted by Crippen LogP contribution is 2.18. The lowest BCUT2D eigenvalue weighted by molar-refractivity contribution is -0.122. The number of carbonyl (C=O) groups excluding carboxylic acids is 1. The van der Waals surface area contributed by atoms with Crippen molar-refractivity contribution in [1.29, 1.82) is 0 Å². The first-order chi connectivity index (χ1) is 9.17. The van der Waals surface area contributed by atoms with Crippen LogP contribution in [0, 0.1) is 0 Å². The maximum absolute atomic E-state index is 11.6. The third kappa shape index (κ3) is 4.93. The van der Waals surface area contributed by atoms with Gasteiger partial charge in [0.1, 0.15) is 6.54 Å². The summed E-state index contributed by atoms with van der Waals surface area (Å²) in [6, 6.07) is 0.854. The molecule has 5 nitrogen and oxygen atoms in total. The van der Waals surface area contributed by atoms with E-state index in [-0.39, 0.29) is 5.91 Å². The first-order valence-electron chi connectivity index (χ1n) is 7.25. The summed E-state index contributed by atoms with van der Waals surface area (Å²) in [6.45, 7) is 4.68. The van der Waals surface area contributed by atoms with Gasteiger partial charge in [-0.3, -0.25) is 9.48 Å². The third-order valence-electron chi connectivity index (χ3n) is 3.29. The highest BCUT2D eigenvalue weighted by molar-refractivity contribution is 5.76. The van der Waals surface area contributed by atoms with E-state index in [1.54, 1.807) is 10.9 Å². The van der Waals surface area contributed by atoms with Gasteiger partial charge >= 0.3 is 0 Å². The highest BCUT2D eigenvalue weighted by atomic mass is 16.2. The molecule has 1 aliphatic carbocycles. The molecule has 1 saturated carbocycles. The van der Waals surface area contributed by atoms with Crippen LogP contribution in [0.1, 0.15) is 46.0 Å². The van der Waals surface area contributed by atoms with Crippen molar-refractivity contribution < 1.29 is 4.79 Å². The van der Waals surface area contributed by atoms with Gasteiger partial charge in [-0.15, -0.1) is 0 Å². The standard InChI is InChI=1S/C14H24N4O/c1-3-4-5-11(2)16-13-8-15-18(9-13)10-14(19)17-12-6-7-12/h8-9,11-12,16H,3-7,10H2,1-2H3,(H,17,19). The minimum absolute atomic E-state index is 0.0520. The van der Waals surface area contributed by atoms with Crippen LogP contribution in [0.5, 0.6) is 0 Å². The van der Waals surface area contributed by atoms with Crippen molar-refractivity contribution >= 4 is 11.6 Å². The summed E-state index contributed by atoms with van der Waals surface area (Å²) < 4.78 is 1.69. The second-order valence-electron chi connectivity index (χ2n) is 5.46. The normalized spacial score (nSPS) is 16.1. The SMILES string of the molecule is CCCCC(C)Nc1cnn(CC(=O)NC2CC2)c1. The Kier molecular flexibility index (Phi) is 4.82. The fourth-order valence-corrected chi connectivity index (χ4v) is 2.04. The molecular weight excluding hydrogens is 240 g/mol. The molecule has 1 unspecified atom stereocenters. The molecule has 2 rings (SSSR count). The van der Waals surface area contributed by atoms with E-state index in [1.807, 2.05) is 6.20 Å². The maximum Gasteiger partial charge on any atom is 0.241 e. The number of nitrogens with zero attached hydrogens (tertiary/aromatic N) is 2. The lowest BCUT2D eigenvalue weighted by Gasteiger charge is -2.12. The molecule has 19 heavy (non-hydrogen) atoms. The van der Waals surface area contributed by atoms with E-state index in [2.05, 4.69) is 29.6 Å². The van der Waals surface area contributed by atoms with Gasteiger partial charge in [-0.25, -0.2) is 0 Å². The molecule has 0 radical (unpaired) electrons. The molecule has 1 atom stereocenters. The molecule has 106 valence electrons. The molecule has 1 fully saturated rings. The van der Waals surface area contributed by atoms with Crippen molar-refractivity contribution in [2.24, 2.45) is 0 Å².